The maximum atomic E-state index is 13.6. The highest BCUT2D eigenvalue weighted by molar-refractivity contribution is 8.13. The Bertz CT molecular complexity index is 675. The molecule has 0 spiro atoms. The van der Waals surface area contributed by atoms with Gasteiger partial charge in [0, 0.05) is 22.3 Å². The molecule has 2 rings (SSSR count). The molecule has 0 saturated heterocycles. The fraction of sp³-hybridized carbons (Fsp3) is 0.500. The third-order valence-corrected chi connectivity index (χ3v) is 5.31. The van der Waals surface area contributed by atoms with Crippen molar-refractivity contribution in [2.75, 3.05) is 0 Å². The van der Waals surface area contributed by atoms with Gasteiger partial charge in [-0.15, -0.1) is 0 Å². The Labute approximate surface area is 128 Å². The van der Waals surface area contributed by atoms with Crippen molar-refractivity contribution in [1.82, 2.24) is 5.32 Å². The van der Waals surface area contributed by atoms with Gasteiger partial charge in [-0.1, -0.05) is 6.92 Å². The molecule has 116 valence electrons. The van der Waals surface area contributed by atoms with E-state index in [2.05, 4.69) is 12.2 Å². The summed E-state index contributed by atoms with van der Waals surface area (Å²) >= 11 is 0. The Kier molecular flexibility index (Phi) is 4.58. The summed E-state index contributed by atoms with van der Waals surface area (Å²) in [6.45, 7) is 3.55. The first-order chi connectivity index (χ1) is 9.68. The van der Waals surface area contributed by atoms with Crippen LogP contribution in [0, 0.1) is 18.7 Å². The third-order valence-electron chi connectivity index (χ3n) is 3.86. The number of carbonyl (C=O) groups is 1. The average Bonchev–Trinajstić information content (AvgIpc) is 2.75. The molecule has 7 heteroatoms. The summed E-state index contributed by atoms with van der Waals surface area (Å²) in [7, 11) is 1.18. The van der Waals surface area contributed by atoms with Crippen LogP contribution in [-0.4, -0.2) is 20.4 Å². The smallest absolute Gasteiger partial charge is 0.261 e. The molecule has 1 aromatic rings. The van der Waals surface area contributed by atoms with Crippen molar-refractivity contribution >= 4 is 25.6 Å². The van der Waals surface area contributed by atoms with Crippen LogP contribution in [-0.2, 0) is 9.05 Å². The van der Waals surface area contributed by atoms with Gasteiger partial charge in [-0.3, -0.25) is 4.79 Å². The number of nitrogens with one attached hydrogen (secondary N) is 1. The lowest BCUT2D eigenvalue weighted by Gasteiger charge is -2.15. The molecule has 1 aliphatic rings. The van der Waals surface area contributed by atoms with E-state index in [1.165, 1.54) is 6.92 Å². The monoisotopic (exact) mass is 333 g/mol. The minimum Gasteiger partial charge on any atom is -0.349 e. The molecule has 1 amide bonds. The first kappa shape index (κ1) is 16.2. The fourth-order valence-electron chi connectivity index (χ4n) is 2.74. The Morgan fingerprint density at radius 2 is 2.05 bits per heavy atom. The molecule has 0 bridgehead atoms. The summed E-state index contributed by atoms with van der Waals surface area (Å²) in [6.07, 6.45) is 2.79. The number of carbonyl (C=O) groups excluding carboxylic acids is 1. The lowest BCUT2D eigenvalue weighted by molar-refractivity contribution is 0.0936. The van der Waals surface area contributed by atoms with Crippen molar-refractivity contribution in [1.29, 1.82) is 0 Å². The van der Waals surface area contributed by atoms with Gasteiger partial charge in [0.1, 0.15) is 5.82 Å². The highest BCUT2D eigenvalue weighted by Crippen LogP contribution is 2.27. The number of hydrogen-bond donors (Lipinski definition) is 1. The van der Waals surface area contributed by atoms with Crippen LogP contribution in [0.25, 0.3) is 0 Å². The SMILES string of the molecule is Cc1c(C(=O)NC2CCC(C)C2)cc(F)cc1S(=O)(=O)Cl. The maximum absolute atomic E-state index is 13.6. The highest BCUT2D eigenvalue weighted by Gasteiger charge is 2.26. The minimum absolute atomic E-state index is 0.00813. The molecule has 1 N–H and O–H groups in total. The van der Waals surface area contributed by atoms with Crippen LogP contribution in [0.2, 0.25) is 0 Å². The van der Waals surface area contributed by atoms with Crippen LogP contribution >= 0.6 is 10.7 Å². The average molecular weight is 334 g/mol. The number of hydrogen-bond acceptors (Lipinski definition) is 3. The van der Waals surface area contributed by atoms with E-state index in [9.17, 15) is 17.6 Å². The molecule has 2 atom stereocenters. The molecular formula is C14H17ClFNO3S. The summed E-state index contributed by atoms with van der Waals surface area (Å²) in [6, 6.07) is 1.91. The van der Waals surface area contributed by atoms with E-state index in [1.807, 2.05) is 0 Å². The van der Waals surface area contributed by atoms with Crippen molar-refractivity contribution in [3.8, 4) is 0 Å². The zero-order valence-electron chi connectivity index (χ0n) is 11.8. The van der Waals surface area contributed by atoms with Crippen LogP contribution in [0.3, 0.4) is 0 Å². The van der Waals surface area contributed by atoms with E-state index in [-0.39, 0.29) is 22.1 Å². The van der Waals surface area contributed by atoms with Crippen molar-refractivity contribution in [2.24, 2.45) is 5.92 Å². The van der Waals surface area contributed by atoms with E-state index in [4.69, 9.17) is 10.7 Å². The minimum atomic E-state index is -4.10. The molecular weight excluding hydrogens is 317 g/mol. The van der Waals surface area contributed by atoms with E-state index >= 15 is 0 Å². The first-order valence-electron chi connectivity index (χ1n) is 6.74. The zero-order valence-corrected chi connectivity index (χ0v) is 13.4. The summed E-state index contributed by atoms with van der Waals surface area (Å²) < 4.78 is 36.4. The van der Waals surface area contributed by atoms with Crippen LogP contribution in [0.1, 0.15) is 42.1 Å². The Hall–Kier alpha value is -1.14. The lowest BCUT2D eigenvalue weighted by Crippen LogP contribution is -2.33. The molecule has 0 radical (unpaired) electrons. The molecule has 4 nitrogen and oxygen atoms in total. The second kappa shape index (κ2) is 5.93. The predicted molar refractivity (Wildman–Crippen MR) is 78.4 cm³/mol. The van der Waals surface area contributed by atoms with E-state index in [0.717, 1.165) is 31.4 Å². The van der Waals surface area contributed by atoms with Crippen molar-refractivity contribution in [3.63, 3.8) is 0 Å². The van der Waals surface area contributed by atoms with Crippen LogP contribution < -0.4 is 5.32 Å². The van der Waals surface area contributed by atoms with Gasteiger partial charge >= 0.3 is 0 Å². The Morgan fingerprint density at radius 3 is 2.57 bits per heavy atom. The predicted octanol–water partition coefficient (Wildman–Crippen LogP) is 2.98. The molecule has 0 heterocycles. The molecule has 1 saturated carbocycles. The second-order valence-corrected chi connectivity index (χ2v) is 8.14. The van der Waals surface area contributed by atoms with Gasteiger partial charge in [0.25, 0.3) is 15.0 Å². The van der Waals surface area contributed by atoms with Crippen LogP contribution in [0.4, 0.5) is 4.39 Å². The number of halogens is 2. The molecule has 2 unspecified atom stereocenters. The van der Waals surface area contributed by atoms with Gasteiger partial charge in [0.15, 0.2) is 0 Å². The number of rotatable bonds is 3. The quantitative estimate of drug-likeness (QED) is 0.865. The van der Waals surface area contributed by atoms with Gasteiger partial charge in [0.05, 0.1) is 4.90 Å². The Morgan fingerprint density at radius 1 is 1.38 bits per heavy atom. The third kappa shape index (κ3) is 3.74. The Balaban J connectivity index is 2.31. The molecule has 1 aromatic carbocycles. The molecule has 1 fully saturated rings. The van der Waals surface area contributed by atoms with Gasteiger partial charge in [-0.25, -0.2) is 12.8 Å². The zero-order chi connectivity index (χ0) is 15.8. The number of benzene rings is 1. The summed E-state index contributed by atoms with van der Waals surface area (Å²) in [5.74, 6) is -0.722. The van der Waals surface area contributed by atoms with Gasteiger partial charge in [-0.05, 0) is 49.8 Å². The van der Waals surface area contributed by atoms with Gasteiger partial charge in [0.2, 0.25) is 0 Å². The highest BCUT2D eigenvalue weighted by atomic mass is 35.7. The molecule has 1 aliphatic carbocycles. The summed E-state index contributed by atoms with van der Waals surface area (Å²) in [5.41, 5.74) is 0.170. The fourth-order valence-corrected chi connectivity index (χ4v) is 3.95. The number of amides is 1. The van der Waals surface area contributed by atoms with E-state index < -0.39 is 20.8 Å². The molecule has 21 heavy (non-hydrogen) atoms. The summed E-state index contributed by atoms with van der Waals surface area (Å²) in [5, 5.41) is 2.83. The lowest BCUT2D eigenvalue weighted by atomic mass is 10.1. The maximum Gasteiger partial charge on any atom is 0.261 e. The van der Waals surface area contributed by atoms with E-state index in [0.29, 0.717) is 5.92 Å². The normalized spacial score (nSPS) is 22.3. The van der Waals surface area contributed by atoms with Gasteiger partial charge in [-0.2, -0.15) is 0 Å². The van der Waals surface area contributed by atoms with Gasteiger partial charge < -0.3 is 5.32 Å². The van der Waals surface area contributed by atoms with Crippen molar-refractivity contribution in [2.45, 2.75) is 44.0 Å². The largest absolute Gasteiger partial charge is 0.349 e. The van der Waals surface area contributed by atoms with E-state index in [1.54, 1.807) is 0 Å². The van der Waals surface area contributed by atoms with Crippen LogP contribution in [0.15, 0.2) is 17.0 Å². The second-order valence-electron chi connectivity index (χ2n) is 5.60. The molecule has 0 aromatic heterocycles. The van der Waals surface area contributed by atoms with Crippen molar-refractivity contribution < 1.29 is 17.6 Å². The topological polar surface area (TPSA) is 63.2 Å². The molecule has 0 aliphatic heterocycles. The van der Waals surface area contributed by atoms with Crippen LogP contribution in [0.5, 0.6) is 0 Å². The van der Waals surface area contributed by atoms with Crippen molar-refractivity contribution in [3.05, 3.63) is 29.1 Å². The first-order valence-corrected chi connectivity index (χ1v) is 9.05. The standard InChI is InChI=1S/C14H17ClFNO3S/c1-8-3-4-11(5-8)17-14(18)12-6-10(16)7-13(9(12)2)21(15,19)20/h6-8,11H,3-5H2,1-2H3,(H,17,18). The summed E-state index contributed by atoms with van der Waals surface area (Å²) in [4.78, 5) is 11.9.